The molecule has 3 nitrogen and oxygen atoms in total. The zero-order chi connectivity index (χ0) is 12.1. The predicted molar refractivity (Wildman–Crippen MR) is 64.5 cm³/mol. The number of amides is 1. The maximum atomic E-state index is 13.3. The first kappa shape index (κ1) is 13.1. The second-order valence-electron chi connectivity index (χ2n) is 3.57. The molecule has 0 unspecified atom stereocenters. The van der Waals surface area contributed by atoms with Gasteiger partial charge in [0, 0.05) is 11.0 Å². The lowest BCUT2D eigenvalue weighted by molar-refractivity contribution is -0.121. The fourth-order valence-electron chi connectivity index (χ4n) is 1.22. The van der Waals surface area contributed by atoms with Crippen LogP contribution < -0.4 is 11.1 Å². The van der Waals surface area contributed by atoms with Gasteiger partial charge in [0.25, 0.3) is 0 Å². The Hall–Kier alpha value is -0.940. The Morgan fingerprint density at radius 3 is 2.94 bits per heavy atom. The van der Waals surface area contributed by atoms with Gasteiger partial charge in [-0.15, -0.1) is 0 Å². The molecule has 3 N–H and O–H groups in total. The monoisotopic (exact) mass is 288 g/mol. The summed E-state index contributed by atoms with van der Waals surface area (Å²) in [6, 6.07) is 4.20. The summed E-state index contributed by atoms with van der Waals surface area (Å²) in [5, 5.41) is 2.63. The number of hydrogen-bond acceptors (Lipinski definition) is 2. The van der Waals surface area contributed by atoms with Crippen LogP contribution in [0.15, 0.2) is 22.7 Å². The Balaban J connectivity index is 2.49. The normalized spacial score (nSPS) is 12.2. The van der Waals surface area contributed by atoms with E-state index < -0.39 is 6.04 Å². The third-order valence-electron chi connectivity index (χ3n) is 2.11. The van der Waals surface area contributed by atoms with Gasteiger partial charge in [-0.05, 0) is 37.1 Å². The van der Waals surface area contributed by atoms with E-state index in [2.05, 4.69) is 21.2 Å². The summed E-state index contributed by atoms with van der Waals surface area (Å²) in [6.45, 7) is 1.99. The second-order valence-corrected chi connectivity index (χ2v) is 4.48. The lowest BCUT2D eigenvalue weighted by atomic mass is 10.1. The first-order valence-corrected chi connectivity index (χ1v) is 5.77. The average Bonchev–Trinajstić information content (AvgIpc) is 2.22. The predicted octanol–water partition coefficient (Wildman–Crippen LogP) is 1.59. The number of rotatable bonds is 4. The van der Waals surface area contributed by atoms with Gasteiger partial charge in [-0.3, -0.25) is 4.79 Å². The second kappa shape index (κ2) is 5.96. The molecule has 0 aliphatic carbocycles. The van der Waals surface area contributed by atoms with Crippen LogP contribution >= 0.6 is 15.9 Å². The van der Waals surface area contributed by atoms with Crippen molar-refractivity contribution in [1.82, 2.24) is 5.32 Å². The van der Waals surface area contributed by atoms with Gasteiger partial charge in [-0.25, -0.2) is 4.39 Å². The topological polar surface area (TPSA) is 55.1 Å². The molecule has 0 saturated carbocycles. The fourth-order valence-corrected chi connectivity index (χ4v) is 1.62. The van der Waals surface area contributed by atoms with Crippen molar-refractivity contribution in [3.05, 3.63) is 34.1 Å². The summed E-state index contributed by atoms with van der Waals surface area (Å²) in [7, 11) is 0. The lowest BCUT2D eigenvalue weighted by Gasteiger charge is -2.08. The van der Waals surface area contributed by atoms with E-state index in [9.17, 15) is 9.18 Å². The Labute approximate surface area is 102 Å². The van der Waals surface area contributed by atoms with Crippen LogP contribution in [0.4, 0.5) is 4.39 Å². The molecule has 0 aliphatic heterocycles. The molecule has 0 heterocycles. The van der Waals surface area contributed by atoms with E-state index >= 15 is 0 Å². The van der Waals surface area contributed by atoms with Crippen molar-refractivity contribution in [3.63, 3.8) is 0 Å². The van der Waals surface area contributed by atoms with Crippen molar-refractivity contribution in [2.75, 3.05) is 6.54 Å². The van der Waals surface area contributed by atoms with Gasteiger partial charge in [0.05, 0.1) is 6.04 Å². The highest BCUT2D eigenvalue weighted by atomic mass is 79.9. The van der Waals surface area contributed by atoms with E-state index in [1.54, 1.807) is 19.1 Å². The van der Waals surface area contributed by atoms with Gasteiger partial charge in [0.15, 0.2) is 0 Å². The van der Waals surface area contributed by atoms with Gasteiger partial charge in [0.2, 0.25) is 5.91 Å². The van der Waals surface area contributed by atoms with Crippen LogP contribution in [0.3, 0.4) is 0 Å². The van der Waals surface area contributed by atoms with E-state index in [0.717, 1.165) is 4.47 Å². The van der Waals surface area contributed by atoms with Crippen molar-refractivity contribution < 1.29 is 9.18 Å². The number of nitrogens with two attached hydrogens (primary N) is 1. The van der Waals surface area contributed by atoms with Crippen molar-refractivity contribution in [3.8, 4) is 0 Å². The number of nitrogens with one attached hydrogen (secondary N) is 1. The third-order valence-corrected chi connectivity index (χ3v) is 2.61. The molecular formula is C11H14BrFN2O. The minimum absolute atomic E-state index is 0.226. The molecule has 1 rings (SSSR count). The van der Waals surface area contributed by atoms with E-state index in [1.165, 1.54) is 6.07 Å². The van der Waals surface area contributed by atoms with Gasteiger partial charge in [-0.2, -0.15) is 0 Å². The molecule has 5 heteroatoms. The molecule has 0 bridgehead atoms. The van der Waals surface area contributed by atoms with E-state index in [0.29, 0.717) is 18.5 Å². The minimum Gasteiger partial charge on any atom is -0.354 e. The van der Waals surface area contributed by atoms with Crippen molar-refractivity contribution >= 4 is 21.8 Å². The molecule has 88 valence electrons. The van der Waals surface area contributed by atoms with Crippen LogP contribution in [-0.2, 0) is 11.2 Å². The third kappa shape index (κ3) is 3.90. The zero-order valence-electron chi connectivity index (χ0n) is 8.97. The highest BCUT2D eigenvalue weighted by Crippen LogP contribution is 2.15. The number of carbonyl (C=O) groups is 1. The Morgan fingerprint density at radius 2 is 2.31 bits per heavy atom. The largest absolute Gasteiger partial charge is 0.354 e. The number of halogens is 2. The van der Waals surface area contributed by atoms with E-state index in [4.69, 9.17) is 5.73 Å². The average molecular weight is 289 g/mol. The van der Waals surface area contributed by atoms with Crippen LogP contribution in [-0.4, -0.2) is 18.5 Å². The van der Waals surface area contributed by atoms with Gasteiger partial charge < -0.3 is 11.1 Å². The highest BCUT2D eigenvalue weighted by molar-refractivity contribution is 9.10. The zero-order valence-corrected chi connectivity index (χ0v) is 10.6. The lowest BCUT2D eigenvalue weighted by Crippen LogP contribution is -2.39. The summed E-state index contributed by atoms with van der Waals surface area (Å²) in [5.41, 5.74) is 5.94. The van der Waals surface area contributed by atoms with Crippen molar-refractivity contribution in [2.24, 2.45) is 5.73 Å². The van der Waals surface area contributed by atoms with Gasteiger partial charge in [0.1, 0.15) is 5.82 Å². The molecule has 1 aromatic rings. The van der Waals surface area contributed by atoms with Crippen LogP contribution in [0.25, 0.3) is 0 Å². The van der Waals surface area contributed by atoms with E-state index in [1.807, 2.05) is 0 Å². The highest BCUT2D eigenvalue weighted by Gasteiger charge is 2.07. The van der Waals surface area contributed by atoms with E-state index in [-0.39, 0.29) is 11.7 Å². The molecule has 0 fully saturated rings. The molecule has 1 amide bonds. The Kier molecular flexibility index (Phi) is 4.89. The van der Waals surface area contributed by atoms with Crippen LogP contribution in [0.5, 0.6) is 0 Å². The van der Waals surface area contributed by atoms with Crippen molar-refractivity contribution in [1.29, 1.82) is 0 Å². The molecule has 1 atom stereocenters. The standard InChI is InChI=1S/C11H14BrFN2O/c1-7(14)11(16)15-5-4-8-6-9(12)2-3-10(8)13/h2-3,6-7H,4-5,14H2,1H3,(H,15,16)/t7-/m0/s1. The Bertz CT molecular complexity index is 382. The number of carbonyl (C=O) groups excluding carboxylic acids is 1. The molecule has 0 spiro atoms. The van der Waals surface area contributed by atoms with Crippen LogP contribution in [0.1, 0.15) is 12.5 Å². The molecule has 1 aromatic carbocycles. The summed E-state index contributed by atoms with van der Waals surface area (Å²) in [4.78, 5) is 11.1. The molecule has 0 saturated heterocycles. The smallest absolute Gasteiger partial charge is 0.236 e. The number of benzene rings is 1. The summed E-state index contributed by atoms with van der Waals surface area (Å²) in [6.07, 6.45) is 0.448. The van der Waals surface area contributed by atoms with Crippen molar-refractivity contribution in [2.45, 2.75) is 19.4 Å². The summed E-state index contributed by atoms with van der Waals surface area (Å²) < 4.78 is 14.1. The quantitative estimate of drug-likeness (QED) is 0.884. The summed E-state index contributed by atoms with van der Waals surface area (Å²) >= 11 is 3.27. The minimum atomic E-state index is -0.535. The van der Waals surface area contributed by atoms with Crippen LogP contribution in [0.2, 0.25) is 0 Å². The maximum absolute atomic E-state index is 13.3. The SMILES string of the molecule is C[C@H](N)C(=O)NCCc1cc(Br)ccc1F. The molecular weight excluding hydrogens is 275 g/mol. The summed E-state index contributed by atoms with van der Waals surface area (Å²) in [5.74, 6) is -0.492. The Morgan fingerprint density at radius 1 is 1.62 bits per heavy atom. The molecule has 0 aromatic heterocycles. The maximum Gasteiger partial charge on any atom is 0.236 e. The molecule has 0 radical (unpaired) electrons. The molecule has 16 heavy (non-hydrogen) atoms. The molecule has 0 aliphatic rings. The van der Waals surface area contributed by atoms with Crippen LogP contribution in [0, 0.1) is 5.82 Å². The first-order valence-electron chi connectivity index (χ1n) is 4.98. The number of hydrogen-bond donors (Lipinski definition) is 2. The fraction of sp³-hybridized carbons (Fsp3) is 0.364. The van der Waals surface area contributed by atoms with Gasteiger partial charge in [-0.1, -0.05) is 15.9 Å². The first-order chi connectivity index (χ1) is 7.50. The van der Waals surface area contributed by atoms with Gasteiger partial charge >= 0.3 is 0 Å².